The molecule has 15 heavy (non-hydrogen) atoms. The lowest BCUT2D eigenvalue weighted by Crippen LogP contribution is -2.34. The maximum atomic E-state index is 10.2. The predicted octanol–water partition coefficient (Wildman–Crippen LogP) is 1.75. The minimum Gasteiger partial charge on any atom is -0.384 e. The Morgan fingerprint density at radius 2 is 2.20 bits per heavy atom. The summed E-state index contributed by atoms with van der Waals surface area (Å²) in [5, 5.41) is 14.3. The quantitative estimate of drug-likeness (QED) is 0.809. The first-order valence-electron chi connectivity index (χ1n) is 5.36. The van der Waals surface area contributed by atoms with E-state index in [9.17, 15) is 5.11 Å². The third-order valence-corrected chi connectivity index (χ3v) is 2.50. The molecule has 0 saturated carbocycles. The van der Waals surface area contributed by atoms with Crippen LogP contribution in [0.25, 0.3) is 0 Å². The van der Waals surface area contributed by atoms with Gasteiger partial charge in [0.15, 0.2) is 0 Å². The Balaban J connectivity index is 2.88. The van der Waals surface area contributed by atoms with Crippen molar-refractivity contribution in [2.75, 3.05) is 6.61 Å². The predicted molar refractivity (Wildman–Crippen MR) is 58.6 cm³/mol. The molecule has 0 spiro atoms. The molecular weight excluding hydrogens is 192 g/mol. The monoisotopic (exact) mass is 212 g/mol. The second kappa shape index (κ2) is 4.77. The molecule has 1 rings (SSSR count). The molecule has 0 fully saturated rings. The normalized spacial score (nSPS) is 14.2. The van der Waals surface area contributed by atoms with E-state index < -0.39 is 11.7 Å². The van der Waals surface area contributed by atoms with Crippen molar-refractivity contribution in [1.82, 2.24) is 9.78 Å². The van der Waals surface area contributed by atoms with Gasteiger partial charge in [-0.05, 0) is 33.8 Å². The van der Waals surface area contributed by atoms with Crippen LogP contribution < -0.4 is 0 Å². The Kier molecular flexibility index (Phi) is 3.88. The van der Waals surface area contributed by atoms with Crippen molar-refractivity contribution in [3.63, 3.8) is 0 Å². The lowest BCUT2D eigenvalue weighted by Gasteiger charge is -2.30. The molecule has 0 aliphatic heterocycles. The molecule has 0 bridgehead atoms. The maximum Gasteiger partial charge on any atom is 0.124 e. The van der Waals surface area contributed by atoms with Crippen LogP contribution in [0.15, 0.2) is 12.3 Å². The van der Waals surface area contributed by atoms with Crippen LogP contribution in [0.5, 0.6) is 0 Å². The fraction of sp³-hybridized carbons (Fsp3) is 0.727. The second-order valence-corrected chi connectivity index (χ2v) is 4.01. The molecule has 1 atom stereocenters. The minimum absolute atomic E-state index is 0.582. The zero-order valence-electron chi connectivity index (χ0n) is 9.90. The Bertz CT molecular complexity index is 307. The Labute approximate surface area is 90.9 Å². The molecule has 4 nitrogen and oxygen atoms in total. The van der Waals surface area contributed by atoms with E-state index in [0.29, 0.717) is 6.61 Å². The molecule has 1 N–H and O–H groups in total. The van der Waals surface area contributed by atoms with Crippen molar-refractivity contribution in [1.29, 1.82) is 0 Å². The van der Waals surface area contributed by atoms with Gasteiger partial charge in [0.05, 0.1) is 11.3 Å². The molecule has 1 unspecified atom stereocenters. The largest absolute Gasteiger partial charge is 0.384 e. The van der Waals surface area contributed by atoms with E-state index in [1.165, 1.54) is 0 Å². The van der Waals surface area contributed by atoms with E-state index in [1.54, 1.807) is 10.9 Å². The molecule has 1 heterocycles. The first-order valence-corrected chi connectivity index (χ1v) is 5.36. The highest BCUT2D eigenvalue weighted by molar-refractivity contribution is 5.08. The van der Waals surface area contributed by atoms with Crippen LogP contribution >= 0.6 is 0 Å². The lowest BCUT2D eigenvalue weighted by molar-refractivity contribution is -0.101. The molecular formula is C11H20N2O2. The molecule has 0 aliphatic carbocycles. The smallest absolute Gasteiger partial charge is 0.124 e. The first kappa shape index (κ1) is 12.2. The van der Waals surface area contributed by atoms with Crippen LogP contribution in [0.4, 0.5) is 0 Å². The van der Waals surface area contributed by atoms with E-state index in [1.807, 2.05) is 33.8 Å². The van der Waals surface area contributed by atoms with Crippen molar-refractivity contribution in [2.24, 2.45) is 0 Å². The fourth-order valence-corrected chi connectivity index (χ4v) is 1.65. The van der Waals surface area contributed by atoms with Crippen molar-refractivity contribution in [2.45, 2.75) is 45.9 Å². The first-order chi connectivity index (χ1) is 7.03. The SMILES string of the molecule is CCOC(C)(C)C(O)c1ccnn1CC. The lowest BCUT2D eigenvalue weighted by atomic mass is 9.98. The van der Waals surface area contributed by atoms with Gasteiger partial charge in [0, 0.05) is 19.3 Å². The molecule has 0 saturated heterocycles. The van der Waals surface area contributed by atoms with Gasteiger partial charge in [-0.15, -0.1) is 0 Å². The standard InChI is InChI=1S/C11H20N2O2/c1-5-13-9(7-8-12-13)10(14)11(3,4)15-6-2/h7-8,10,14H,5-6H2,1-4H3. The summed E-state index contributed by atoms with van der Waals surface area (Å²) in [6.07, 6.45) is 1.05. The van der Waals surface area contributed by atoms with E-state index >= 15 is 0 Å². The zero-order chi connectivity index (χ0) is 11.5. The van der Waals surface area contributed by atoms with Gasteiger partial charge in [-0.25, -0.2) is 0 Å². The van der Waals surface area contributed by atoms with E-state index in [4.69, 9.17) is 4.74 Å². The number of hydrogen-bond donors (Lipinski definition) is 1. The Morgan fingerprint density at radius 3 is 2.73 bits per heavy atom. The number of aliphatic hydroxyl groups is 1. The van der Waals surface area contributed by atoms with Crippen LogP contribution in [-0.4, -0.2) is 27.1 Å². The van der Waals surface area contributed by atoms with Crippen LogP contribution in [-0.2, 0) is 11.3 Å². The van der Waals surface area contributed by atoms with Crippen LogP contribution in [0.2, 0.25) is 0 Å². The molecule has 1 aromatic heterocycles. The third-order valence-electron chi connectivity index (χ3n) is 2.50. The number of nitrogens with zero attached hydrogens (tertiary/aromatic N) is 2. The second-order valence-electron chi connectivity index (χ2n) is 4.01. The summed E-state index contributed by atoms with van der Waals surface area (Å²) >= 11 is 0. The molecule has 1 aromatic rings. The van der Waals surface area contributed by atoms with Crippen LogP contribution in [0.3, 0.4) is 0 Å². The maximum absolute atomic E-state index is 10.2. The van der Waals surface area contributed by atoms with Gasteiger partial charge in [-0.3, -0.25) is 4.68 Å². The van der Waals surface area contributed by atoms with Gasteiger partial charge >= 0.3 is 0 Å². The van der Waals surface area contributed by atoms with Gasteiger partial charge in [-0.1, -0.05) is 0 Å². The number of rotatable bonds is 5. The Hall–Kier alpha value is -0.870. The molecule has 4 heteroatoms. The molecule has 0 aliphatic rings. The highest BCUT2D eigenvalue weighted by atomic mass is 16.5. The number of aryl methyl sites for hydroxylation is 1. The zero-order valence-corrected chi connectivity index (χ0v) is 9.90. The summed E-state index contributed by atoms with van der Waals surface area (Å²) < 4.78 is 7.31. The summed E-state index contributed by atoms with van der Waals surface area (Å²) in [7, 11) is 0. The fourth-order valence-electron chi connectivity index (χ4n) is 1.65. The van der Waals surface area contributed by atoms with Crippen LogP contribution in [0.1, 0.15) is 39.5 Å². The van der Waals surface area contributed by atoms with Gasteiger partial charge in [0.2, 0.25) is 0 Å². The number of hydrogen-bond acceptors (Lipinski definition) is 3. The topological polar surface area (TPSA) is 47.3 Å². The molecule has 0 aromatic carbocycles. The molecule has 0 amide bonds. The number of aliphatic hydroxyl groups excluding tert-OH is 1. The van der Waals surface area contributed by atoms with Crippen LogP contribution in [0, 0.1) is 0 Å². The van der Waals surface area contributed by atoms with E-state index in [2.05, 4.69) is 5.10 Å². The summed E-state index contributed by atoms with van der Waals surface area (Å²) in [5.41, 5.74) is 0.220. The van der Waals surface area contributed by atoms with Crippen molar-refractivity contribution in [3.8, 4) is 0 Å². The summed E-state index contributed by atoms with van der Waals surface area (Å²) in [6, 6.07) is 1.83. The van der Waals surface area contributed by atoms with Gasteiger partial charge in [-0.2, -0.15) is 5.10 Å². The summed E-state index contributed by atoms with van der Waals surface area (Å²) in [5.74, 6) is 0. The minimum atomic E-state index is -0.653. The summed E-state index contributed by atoms with van der Waals surface area (Å²) in [6.45, 7) is 9.02. The highest BCUT2D eigenvalue weighted by Gasteiger charge is 2.31. The Morgan fingerprint density at radius 1 is 1.53 bits per heavy atom. The number of ether oxygens (including phenoxy) is 1. The van der Waals surface area contributed by atoms with Crippen molar-refractivity contribution < 1.29 is 9.84 Å². The van der Waals surface area contributed by atoms with Crippen molar-refractivity contribution >= 4 is 0 Å². The van der Waals surface area contributed by atoms with Gasteiger partial charge < -0.3 is 9.84 Å². The van der Waals surface area contributed by atoms with Crippen molar-refractivity contribution in [3.05, 3.63) is 18.0 Å². The number of aromatic nitrogens is 2. The molecule has 0 radical (unpaired) electrons. The van der Waals surface area contributed by atoms with E-state index in [0.717, 1.165) is 12.2 Å². The highest BCUT2D eigenvalue weighted by Crippen LogP contribution is 2.28. The van der Waals surface area contributed by atoms with E-state index in [-0.39, 0.29) is 0 Å². The summed E-state index contributed by atoms with van der Waals surface area (Å²) in [4.78, 5) is 0. The third kappa shape index (κ3) is 2.58. The average molecular weight is 212 g/mol. The van der Waals surface area contributed by atoms with Gasteiger partial charge in [0.1, 0.15) is 6.10 Å². The average Bonchev–Trinajstić information content (AvgIpc) is 2.63. The molecule has 86 valence electrons. The van der Waals surface area contributed by atoms with Gasteiger partial charge in [0.25, 0.3) is 0 Å².